The van der Waals surface area contributed by atoms with Crippen molar-refractivity contribution in [3.8, 4) is 5.75 Å². The highest BCUT2D eigenvalue weighted by Gasteiger charge is 2.33. The lowest BCUT2D eigenvalue weighted by Crippen LogP contribution is -2.39. The van der Waals surface area contributed by atoms with Crippen LogP contribution in [-0.4, -0.2) is 48.9 Å². The molecule has 1 amide bonds. The molecule has 3 rings (SSSR count). The molecule has 7 nitrogen and oxygen atoms in total. The maximum atomic E-state index is 12.6. The number of fused-ring (bicyclic) bond motifs is 1. The molecule has 2 aromatic rings. The van der Waals surface area contributed by atoms with E-state index >= 15 is 0 Å². The summed E-state index contributed by atoms with van der Waals surface area (Å²) >= 11 is 0. The summed E-state index contributed by atoms with van der Waals surface area (Å²) in [5.41, 5.74) is 1.07. The number of carbonyl (C=O) groups excluding carboxylic acids is 1. The van der Waals surface area contributed by atoms with Crippen LogP contribution < -0.4 is 5.63 Å². The van der Waals surface area contributed by atoms with Gasteiger partial charge in [0.05, 0.1) is 28.9 Å². The van der Waals surface area contributed by atoms with Crippen molar-refractivity contribution in [2.45, 2.75) is 32.7 Å². The summed E-state index contributed by atoms with van der Waals surface area (Å²) in [6.45, 7) is 3.44. The maximum Gasteiger partial charge on any atom is 0.340 e. The van der Waals surface area contributed by atoms with Gasteiger partial charge >= 0.3 is 5.63 Å². The molecule has 1 aromatic heterocycles. The third kappa shape index (κ3) is 3.33. The Labute approximate surface area is 151 Å². The second kappa shape index (κ2) is 6.42. The molecule has 0 spiro atoms. The van der Waals surface area contributed by atoms with E-state index < -0.39 is 15.5 Å². The summed E-state index contributed by atoms with van der Waals surface area (Å²) in [6.07, 6.45) is 0.195. The fourth-order valence-corrected chi connectivity index (χ4v) is 5.20. The van der Waals surface area contributed by atoms with Gasteiger partial charge in [0, 0.05) is 13.1 Å². The highest BCUT2D eigenvalue weighted by molar-refractivity contribution is 7.91. The van der Waals surface area contributed by atoms with Crippen LogP contribution in [0.3, 0.4) is 0 Å². The molecule has 26 heavy (non-hydrogen) atoms. The van der Waals surface area contributed by atoms with Crippen molar-refractivity contribution in [1.82, 2.24) is 4.90 Å². The summed E-state index contributed by atoms with van der Waals surface area (Å²) in [5, 5.41) is 10.6. The lowest BCUT2D eigenvalue weighted by Gasteiger charge is -2.23. The number of hydrogen-bond acceptors (Lipinski definition) is 6. The summed E-state index contributed by atoms with van der Waals surface area (Å²) < 4.78 is 28.5. The van der Waals surface area contributed by atoms with Crippen molar-refractivity contribution in [1.29, 1.82) is 0 Å². The monoisotopic (exact) mass is 379 g/mol. The van der Waals surface area contributed by atoms with Crippen LogP contribution in [0.15, 0.2) is 21.3 Å². The van der Waals surface area contributed by atoms with Crippen molar-refractivity contribution in [2.24, 2.45) is 0 Å². The number of aromatic hydroxyl groups is 1. The molecule has 0 bridgehead atoms. The zero-order valence-corrected chi connectivity index (χ0v) is 15.7. The minimum Gasteiger partial charge on any atom is -0.507 e. The summed E-state index contributed by atoms with van der Waals surface area (Å²) in [6, 6.07) is 2.84. The first-order valence-electron chi connectivity index (χ1n) is 8.31. The first kappa shape index (κ1) is 18.4. The molecule has 1 fully saturated rings. The van der Waals surface area contributed by atoms with Gasteiger partial charge in [0.2, 0.25) is 5.91 Å². The molecular formula is C18H21NO6S. The Hall–Kier alpha value is -2.35. The number of phenolic OH excluding ortho intramolecular Hbond substituents is 1. The van der Waals surface area contributed by atoms with Crippen molar-refractivity contribution in [3.63, 3.8) is 0 Å². The maximum absolute atomic E-state index is 12.6. The van der Waals surface area contributed by atoms with Crippen molar-refractivity contribution >= 4 is 26.7 Å². The minimum absolute atomic E-state index is 0.00908. The second-order valence-electron chi connectivity index (χ2n) is 6.89. The smallest absolute Gasteiger partial charge is 0.340 e. The van der Waals surface area contributed by atoms with E-state index in [1.54, 1.807) is 33.0 Å². The van der Waals surface area contributed by atoms with Crippen molar-refractivity contribution in [3.05, 3.63) is 39.2 Å². The number of carbonyl (C=O) groups is 1. The van der Waals surface area contributed by atoms with E-state index in [0.29, 0.717) is 17.4 Å². The lowest BCUT2D eigenvalue weighted by molar-refractivity contribution is -0.130. The third-order valence-electron chi connectivity index (χ3n) is 4.98. The van der Waals surface area contributed by atoms with E-state index in [1.165, 1.54) is 4.90 Å². The predicted molar refractivity (Wildman–Crippen MR) is 97.2 cm³/mol. The van der Waals surface area contributed by atoms with Crippen LogP contribution in [0.25, 0.3) is 11.0 Å². The molecule has 0 radical (unpaired) electrons. The molecular weight excluding hydrogens is 358 g/mol. The number of sulfone groups is 1. The molecule has 1 aromatic carbocycles. The Bertz CT molecular complexity index is 1050. The molecule has 1 unspecified atom stereocenters. The SMILES string of the molecule is Cc1cc(O)c2c(C)c(CC(=O)N(C)C3CCS(=O)(=O)C3)c(=O)oc2c1. The van der Waals surface area contributed by atoms with Gasteiger partial charge in [-0.1, -0.05) is 0 Å². The Morgan fingerprint density at radius 2 is 2.04 bits per heavy atom. The van der Waals surface area contributed by atoms with Gasteiger partial charge in [0.25, 0.3) is 0 Å². The van der Waals surface area contributed by atoms with Crippen molar-refractivity contribution in [2.75, 3.05) is 18.6 Å². The molecule has 1 atom stereocenters. The molecule has 1 saturated heterocycles. The number of rotatable bonds is 3. The molecule has 1 aliphatic rings. The van der Waals surface area contributed by atoms with E-state index in [0.717, 1.165) is 5.56 Å². The predicted octanol–water partition coefficient (Wildman–Crippen LogP) is 1.30. The van der Waals surface area contributed by atoms with Gasteiger partial charge in [0.15, 0.2) is 9.84 Å². The van der Waals surface area contributed by atoms with E-state index in [2.05, 4.69) is 0 Å². The van der Waals surface area contributed by atoms with Gasteiger partial charge in [-0.2, -0.15) is 0 Å². The number of phenols is 1. The van der Waals surface area contributed by atoms with Crippen LogP contribution in [-0.2, 0) is 21.1 Å². The first-order chi connectivity index (χ1) is 12.1. The van der Waals surface area contributed by atoms with Gasteiger partial charge in [-0.3, -0.25) is 4.79 Å². The fourth-order valence-electron chi connectivity index (χ4n) is 3.42. The topological polar surface area (TPSA) is 105 Å². The van der Waals surface area contributed by atoms with Gasteiger partial charge in [0.1, 0.15) is 11.3 Å². The average Bonchev–Trinajstić information content (AvgIpc) is 2.89. The zero-order chi connectivity index (χ0) is 19.2. The summed E-state index contributed by atoms with van der Waals surface area (Å²) in [4.78, 5) is 26.3. The van der Waals surface area contributed by atoms with E-state index in [1.807, 2.05) is 0 Å². The average molecular weight is 379 g/mol. The Balaban J connectivity index is 1.94. The van der Waals surface area contributed by atoms with Crippen LogP contribution in [0.5, 0.6) is 5.75 Å². The molecule has 0 saturated carbocycles. The van der Waals surface area contributed by atoms with Crippen LogP contribution in [0.2, 0.25) is 0 Å². The standard InChI is InChI=1S/C18H21NO6S/c1-10-6-14(20)17-11(2)13(18(22)25-15(17)7-10)8-16(21)19(3)12-4-5-26(23,24)9-12/h6-7,12,20H,4-5,8-9H2,1-3H3. The largest absolute Gasteiger partial charge is 0.507 e. The van der Waals surface area contributed by atoms with Crippen LogP contribution in [0.4, 0.5) is 0 Å². The minimum atomic E-state index is -3.11. The van der Waals surface area contributed by atoms with Crippen LogP contribution >= 0.6 is 0 Å². The number of nitrogens with zero attached hydrogens (tertiary/aromatic N) is 1. The summed E-state index contributed by atoms with van der Waals surface area (Å²) in [7, 11) is -1.56. The Morgan fingerprint density at radius 1 is 1.35 bits per heavy atom. The number of benzene rings is 1. The molecule has 8 heteroatoms. The van der Waals surface area contributed by atoms with Crippen LogP contribution in [0, 0.1) is 13.8 Å². The van der Waals surface area contributed by atoms with E-state index in [4.69, 9.17) is 4.42 Å². The number of aryl methyl sites for hydroxylation is 2. The van der Waals surface area contributed by atoms with Gasteiger partial charge in [-0.25, -0.2) is 13.2 Å². The molecule has 0 aliphatic carbocycles. The van der Waals surface area contributed by atoms with Crippen LogP contribution in [0.1, 0.15) is 23.1 Å². The van der Waals surface area contributed by atoms with Gasteiger partial charge in [-0.05, 0) is 43.5 Å². The zero-order valence-electron chi connectivity index (χ0n) is 14.9. The molecule has 2 heterocycles. The quantitative estimate of drug-likeness (QED) is 0.806. The van der Waals surface area contributed by atoms with Gasteiger partial charge in [-0.15, -0.1) is 0 Å². The van der Waals surface area contributed by atoms with Gasteiger partial charge < -0.3 is 14.4 Å². The fraction of sp³-hybridized carbons (Fsp3) is 0.444. The number of likely N-dealkylation sites (N-methyl/N-ethyl adjacent to an activating group) is 1. The number of hydrogen-bond donors (Lipinski definition) is 1. The highest BCUT2D eigenvalue weighted by atomic mass is 32.2. The molecule has 1 N–H and O–H groups in total. The van der Waals surface area contributed by atoms with Crippen molar-refractivity contribution < 1.29 is 22.7 Å². The lowest BCUT2D eigenvalue weighted by atomic mass is 10.0. The Kier molecular flexibility index (Phi) is 4.56. The number of amides is 1. The van der Waals surface area contributed by atoms with E-state index in [9.17, 15) is 23.1 Å². The normalized spacial score (nSPS) is 19.0. The molecule has 1 aliphatic heterocycles. The first-order valence-corrected chi connectivity index (χ1v) is 10.1. The highest BCUT2D eigenvalue weighted by Crippen LogP contribution is 2.30. The third-order valence-corrected chi connectivity index (χ3v) is 6.73. The summed E-state index contributed by atoms with van der Waals surface area (Å²) in [5.74, 6) is -0.348. The van der Waals surface area contributed by atoms with E-state index in [-0.39, 0.29) is 46.8 Å². The second-order valence-corrected chi connectivity index (χ2v) is 9.12. The molecule has 140 valence electrons. The Morgan fingerprint density at radius 3 is 2.65 bits per heavy atom.